The third-order valence-electron chi connectivity index (χ3n) is 3.96. The summed E-state index contributed by atoms with van der Waals surface area (Å²) in [6.45, 7) is 1.07. The molecular formula is C21H20ClN3O. The van der Waals surface area contributed by atoms with Crippen molar-refractivity contribution in [3.8, 4) is 0 Å². The maximum Gasteiger partial charge on any atom is 0.322 e. The van der Waals surface area contributed by atoms with Gasteiger partial charge in [-0.1, -0.05) is 48.0 Å². The van der Waals surface area contributed by atoms with Gasteiger partial charge in [-0.2, -0.15) is 0 Å². The number of pyridine rings is 1. The lowest BCUT2D eigenvalue weighted by Crippen LogP contribution is -2.36. The molecule has 0 bridgehead atoms. The van der Waals surface area contributed by atoms with Gasteiger partial charge >= 0.3 is 6.03 Å². The summed E-state index contributed by atoms with van der Waals surface area (Å²) in [6.07, 6.45) is 2.46. The Labute approximate surface area is 158 Å². The number of hydrogen-bond donors (Lipinski definition) is 1. The van der Waals surface area contributed by atoms with E-state index in [0.29, 0.717) is 24.5 Å². The van der Waals surface area contributed by atoms with Crippen molar-refractivity contribution in [1.29, 1.82) is 0 Å². The second-order valence-corrected chi connectivity index (χ2v) is 6.35. The number of nitrogens with zero attached hydrogens (tertiary/aromatic N) is 2. The fourth-order valence-electron chi connectivity index (χ4n) is 2.58. The van der Waals surface area contributed by atoms with Crippen molar-refractivity contribution in [3.63, 3.8) is 0 Å². The summed E-state index contributed by atoms with van der Waals surface area (Å²) in [5.74, 6) is 0. The number of urea groups is 1. The molecule has 1 N–H and O–H groups in total. The van der Waals surface area contributed by atoms with Crippen LogP contribution in [0.5, 0.6) is 0 Å². The quantitative estimate of drug-likeness (QED) is 0.667. The van der Waals surface area contributed by atoms with Crippen LogP contribution in [0.1, 0.15) is 11.3 Å². The molecule has 0 unspecified atom stereocenters. The number of rotatable bonds is 6. The van der Waals surface area contributed by atoms with Crippen LogP contribution in [-0.2, 0) is 13.0 Å². The van der Waals surface area contributed by atoms with Crippen molar-refractivity contribution in [2.24, 2.45) is 0 Å². The van der Waals surface area contributed by atoms with Crippen molar-refractivity contribution >= 4 is 23.3 Å². The minimum Gasteiger partial charge on any atom is -0.320 e. The van der Waals surface area contributed by atoms with Crippen LogP contribution >= 0.6 is 11.6 Å². The Morgan fingerprint density at radius 3 is 2.38 bits per heavy atom. The summed E-state index contributed by atoms with van der Waals surface area (Å²) in [5.41, 5.74) is 2.76. The van der Waals surface area contributed by atoms with Gasteiger partial charge in [-0.3, -0.25) is 4.98 Å². The highest BCUT2D eigenvalue weighted by Gasteiger charge is 2.14. The summed E-state index contributed by atoms with van der Waals surface area (Å²) in [6, 6.07) is 22.7. The minimum atomic E-state index is -0.137. The number of nitrogens with one attached hydrogen (secondary N) is 1. The van der Waals surface area contributed by atoms with E-state index in [9.17, 15) is 4.79 Å². The molecule has 0 radical (unpaired) electrons. The van der Waals surface area contributed by atoms with E-state index >= 15 is 0 Å². The second-order valence-electron chi connectivity index (χ2n) is 5.92. The van der Waals surface area contributed by atoms with Gasteiger partial charge in [0.1, 0.15) is 0 Å². The zero-order valence-electron chi connectivity index (χ0n) is 14.3. The Hall–Kier alpha value is -2.85. The van der Waals surface area contributed by atoms with Gasteiger partial charge in [0.15, 0.2) is 0 Å². The molecule has 0 aliphatic carbocycles. The fraction of sp³-hybridized carbons (Fsp3) is 0.143. The zero-order valence-corrected chi connectivity index (χ0v) is 15.1. The van der Waals surface area contributed by atoms with Gasteiger partial charge in [-0.25, -0.2) is 4.79 Å². The van der Waals surface area contributed by atoms with Crippen LogP contribution in [-0.4, -0.2) is 22.5 Å². The Bertz CT molecular complexity index is 823. The van der Waals surface area contributed by atoms with Gasteiger partial charge in [0.05, 0.1) is 0 Å². The summed E-state index contributed by atoms with van der Waals surface area (Å²) in [5, 5.41) is 3.63. The normalized spacial score (nSPS) is 10.3. The summed E-state index contributed by atoms with van der Waals surface area (Å²) in [4.78, 5) is 18.9. The summed E-state index contributed by atoms with van der Waals surface area (Å²) in [7, 11) is 0. The number of benzene rings is 2. The third kappa shape index (κ3) is 5.33. The highest BCUT2D eigenvalue weighted by molar-refractivity contribution is 6.30. The van der Waals surface area contributed by atoms with E-state index in [1.54, 1.807) is 11.1 Å². The van der Waals surface area contributed by atoms with E-state index in [4.69, 9.17) is 11.6 Å². The van der Waals surface area contributed by atoms with Gasteiger partial charge in [-0.15, -0.1) is 0 Å². The predicted octanol–water partition coefficient (Wildman–Crippen LogP) is 5.01. The molecule has 0 aliphatic heterocycles. The Kier molecular flexibility index (Phi) is 6.23. The number of halogens is 1. The highest BCUT2D eigenvalue weighted by Crippen LogP contribution is 2.14. The Morgan fingerprint density at radius 2 is 1.69 bits per heavy atom. The first-order valence-corrected chi connectivity index (χ1v) is 8.84. The van der Waals surface area contributed by atoms with Crippen molar-refractivity contribution in [2.45, 2.75) is 13.0 Å². The van der Waals surface area contributed by atoms with Gasteiger partial charge in [0.25, 0.3) is 0 Å². The molecular weight excluding hydrogens is 346 g/mol. The zero-order chi connectivity index (χ0) is 18.2. The smallest absolute Gasteiger partial charge is 0.320 e. The molecule has 1 heterocycles. The molecule has 2 aromatic carbocycles. The first kappa shape index (κ1) is 18.0. The van der Waals surface area contributed by atoms with E-state index < -0.39 is 0 Å². The molecule has 1 aromatic heterocycles. The topological polar surface area (TPSA) is 45.2 Å². The predicted molar refractivity (Wildman–Crippen MR) is 105 cm³/mol. The standard InChI is InChI=1S/C21H20ClN3O/c22-18-11-9-17(10-12-18)16-25(15-13-19-6-4-5-14-23-19)21(26)24-20-7-2-1-3-8-20/h1-12,14H,13,15-16H2,(H,24,26). The summed E-state index contributed by atoms with van der Waals surface area (Å²) >= 11 is 5.96. The number of carbonyl (C=O) groups excluding carboxylic acids is 1. The van der Waals surface area contributed by atoms with Crippen molar-refractivity contribution in [1.82, 2.24) is 9.88 Å². The number of hydrogen-bond acceptors (Lipinski definition) is 2. The van der Waals surface area contributed by atoms with Gasteiger partial charge < -0.3 is 10.2 Å². The van der Waals surface area contributed by atoms with Crippen LogP contribution in [0.25, 0.3) is 0 Å². The molecule has 0 aliphatic rings. The van der Waals surface area contributed by atoms with Gasteiger partial charge in [0.2, 0.25) is 0 Å². The average Bonchev–Trinajstić information content (AvgIpc) is 2.68. The van der Waals surface area contributed by atoms with Crippen LogP contribution in [0.3, 0.4) is 0 Å². The maximum absolute atomic E-state index is 12.8. The van der Waals surface area contributed by atoms with Crippen LogP contribution in [0.15, 0.2) is 79.0 Å². The molecule has 4 nitrogen and oxygen atoms in total. The summed E-state index contributed by atoms with van der Waals surface area (Å²) < 4.78 is 0. The van der Waals surface area contributed by atoms with Crippen molar-refractivity contribution in [3.05, 3.63) is 95.3 Å². The molecule has 132 valence electrons. The molecule has 0 spiro atoms. The number of carbonyl (C=O) groups is 1. The lowest BCUT2D eigenvalue weighted by molar-refractivity contribution is 0.209. The molecule has 0 saturated carbocycles. The molecule has 3 rings (SSSR count). The first-order valence-electron chi connectivity index (χ1n) is 8.46. The van der Waals surface area contributed by atoms with E-state index in [-0.39, 0.29) is 6.03 Å². The van der Waals surface area contributed by atoms with E-state index in [1.165, 1.54) is 0 Å². The number of anilines is 1. The van der Waals surface area contributed by atoms with Crippen LogP contribution in [0, 0.1) is 0 Å². The van der Waals surface area contributed by atoms with Gasteiger partial charge in [0, 0.05) is 42.1 Å². The lowest BCUT2D eigenvalue weighted by Gasteiger charge is -2.23. The Balaban J connectivity index is 1.71. The third-order valence-corrected chi connectivity index (χ3v) is 4.21. The molecule has 5 heteroatoms. The SMILES string of the molecule is O=C(Nc1ccccc1)N(CCc1ccccn1)Cc1ccc(Cl)cc1. The number of para-hydroxylation sites is 1. The number of amides is 2. The van der Waals surface area contributed by atoms with E-state index in [1.807, 2.05) is 72.8 Å². The molecule has 3 aromatic rings. The maximum atomic E-state index is 12.8. The highest BCUT2D eigenvalue weighted by atomic mass is 35.5. The lowest BCUT2D eigenvalue weighted by atomic mass is 10.2. The second kappa shape index (κ2) is 9.02. The van der Waals surface area contributed by atoms with Crippen molar-refractivity contribution in [2.75, 3.05) is 11.9 Å². The van der Waals surface area contributed by atoms with Crippen LogP contribution in [0.2, 0.25) is 5.02 Å². The monoisotopic (exact) mass is 365 g/mol. The molecule has 0 fully saturated rings. The molecule has 0 atom stereocenters. The van der Waals surface area contributed by atoms with Gasteiger partial charge in [-0.05, 0) is 42.0 Å². The molecule has 26 heavy (non-hydrogen) atoms. The van der Waals surface area contributed by atoms with Crippen LogP contribution in [0.4, 0.5) is 10.5 Å². The molecule has 2 amide bonds. The van der Waals surface area contributed by atoms with E-state index in [2.05, 4.69) is 10.3 Å². The Morgan fingerprint density at radius 1 is 0.962 bits per heavy atom. The van der Waals surface area contributed by atoms with Crippen molar-refractivity contribution < 1.29 is 4.79 Å². The van der Waals surface area contributed by atoms with E-state index in [0.717, 1.165) is 16.9 Å². The average molecular weight is 366 g/mol. The number of aromatic nitrogens is 1. The minimum absolute atomic E-state index is 0.137. The van der Waals surface area contributed by atoms with Crippen LogP contribution < -0.4 is 5.32 Å². The largest absolute Gasteiger partial charge is 0.322 e. The fourth-order valence-corrected chi connectivity index (χ4v) is 2.71. The molecule has 0 saturated heterocycles. The first-order chi connectivity index (χ1) is 12.7.